The standard InChI is InChI=1S/C25H21N3O3S2/c1-33(30,31)28-14-13-21-15-20(11-12-23(21)28)22-16-32-25(26-22)27-24(29)19-9-7-18(8-10-19)17-5-3-2-4-6-17/h2-12,15-16H,13-14H2,1H3,(H,26,27,29). The van der Waals surface area contributed by atoms with Crippen LogP contribution >= 0.6 is 11.3 Å². The lowest BCUT2D eigenvalue weighted by Gasteiger charge is -2.16. The van der Waals surface area contributed by atoms with Gasteiger partial charge in [0.05, 0.1) is 17.6 Å². The number of anilines is 2. The molecule has 1 aliphatic rings. The number of nitrogens with zero attached hydrogens (tertiary/aromatic N) is 2. The average molecular weight is 476 g/mol. The minimum Gasteiger partial charge on any atom is -0.298 e. The molecule has 0 fully saturated rings. The Morgan fingerprint density at radius 2 is 1.67 bits per heavy atom. The molecule has 0 spiro atoms. The summed E-state index contributed by atoms with van der Waals surface area (Å²) in [5, 5.41) is 5.27. The second kappa shape index (κ2) is 8.46. The molecule has 166 valence electrons. The van der Waals surface area contributed by atoms with Gasteiger partial charge in [-0.05, 0) is 47.4 Å². The summed E-state index contributed by atoms with van der Waals surface area (Å²) in [6.07, 6.45) is 1.89. The van der Waals surface area contributed by atoms with E-state index in [0.29, 0.717) is 23.7 Å². The fourth-order valence-corrected chi connectivity index (χ4v) is 5.63. The fraction of sp³-hybridized carbons (Fsp3) is 0.120. The first kappa shape index (κ1) is 21.4. The molecular formula is C25H21N3O3S2. The second-order valence-electron chi connectivity index (χ2n) is 7.86. The molecule has 33 heavy (non-hydrogen) atoms. The molecule has 2 heterocycles. The highest BCUT2D eigenvalue weighted by atomic mass is 32.2. The van der Waals surface area contributed by atoms with E-state index in [-0.39, 0.29) is 5.91 Å². The monoisotopic (exact) mass is 475 g/mol. The van der Waals surface area contributed by atoms with Gasteiger partial charge in [0.25, 0.3) is 5.91 Å². The molecule has 5 rings (SSSR count). The number of nitrogens with one attached hydrogen (secondary N) is 1. The molecule has 6 nitrogen and oxygen atoms in total. The van der Waals surface area contributed by atoms with Gasteiger partial charge in [0, 0.05) is 23.1 Å². The topological polar surface area (TPSA) is 79.4 Å². The average Bonchev–Trinajstić information content (AvgIpc) is 3.46. The van der Waals surface area contributed by atoms with Gasteiger partial charge < -0.3 is 0 Å². The molecule has 3 aromatic carbocycles. The van der Waals surface area contributed by atoms with Crippen LogP contribution in [0.4, 0.5) is 10.8 Å². The third-order valence-electron chi connectivity index (χ3n) is 5.61. The maximum Gasteiger partial charge on any atom is 0.257 e. The number of amides is 1. The maximum absolute atomic E-state index is 12.7. The lowest BCUT2D eigenvalue weighted by atomic mass is 10.0. The molecule has 0 aliphatic carbocycles. The van der Waals surface area contributed by atoms with Gasteiger partial charge in [-0.1, -0.05) is 48.5 Å². The Bertz CT molecular complexity index is 1430. The summed E-state index contributed by atoms with van der Waals surface area (Å²) in [4.78, 5) is 17.2. The number of hydrogen-bond acceptors (Lipinski definition) is 5. The molecule has 0 bridgehead atoms. The molecule has 0 radical (unpaired) electrons. The highest BCUT2D eigenvalue weighted by Crippen LogP contribution is 2.34. The Morgan fingerprint density at radius 3 is 2.39 bits per heavy atom. The van der Waals surface area contributed by atoms with Crippen molar-refractivity contribution in [1.82, 2.24) is 4.98 Å². The number of carbonyl (C=O) groups is 1. The molecule has 8 heteroatoms. The first-order chi connectivity index (χ1) is 15.9. The molecule has 1 aliphatic heterocycles. The maximum atomic E-state index is 12.7. The Morgan fingerprint density at radius 1 is 0.970 bits per heavy atom. The fourth-order valence-electron chi connectivity index (χ4n) is 3.95. The van der Waals surface area contributed by atoms with Crippen molar-refractivity contribution in [3.8, 4) is 22.4 Å². The summed E-state index contributed by atoms with van der Waals surface area (Å²) >= 11 is 1.36. The van der Waals surface area contributed by atoms with Crippen LogP contribution in [0.5, 0.6) is 0 Å². The van der Waals surface area contributed by atoms with Gasteiger partial charge in [-0.3, -0.25) is 14.4 Å². The zero-order valence-electron chi connectivity index (χ0n) is 17.9. The number of aromatic nitrogens is 1. The van der Waals surface area contributed by atoms with Crippen LogP contribution in [0.25, 0.3) is 22.4 Å². The summed E-state index contributed by atoms with van der Waals surface area (Å²) < 4.78 is 25.3. The zero-order valence-corrected chi connectivity index (χ0v) is 19.5. The molecule has 0 saturated heterocycles. The van der Waals surface area contributed by atoms with Crippen LogP contribution < -0.4 is 9.62 Å². The van der Waals surface area contributed by atoms with E-state index < -0.39 is 10.0 Å². The van der Waals surface area contributed by atoms with Crippen molar-refractivity contribution in [2.45, 2.75) is 6.42 Å². The van der Waals surface area contributed by atoms with Crippen molar-refractivity contribution in [1.29, 1.82) is 0 Å². The highest BCUT2D eigenvalue weighted by Gasteiger charge is 2.26. The summed E-state index contributed by atoms with van der Waals surface area (Å²) in [7, 11) is -3.28. The van der Waals surface area contributed by atoms with Crippen LogP contribution in [0.1, 0.15) is 15.9 Å². The first-order valence-electron chi connectivity index (χ1n) is 10.4. The number of sulfonamides is 1. The normalized spacial score (nSPS) is 13.1. The predicted octanol–water partition coefficient (Wildman–Crippen LogP) is 5.05. The summed E-state index contributed by atoms with van der Waals surface area (Å²) in [5.41, 5.74) is 6.06. The Kier molecular flexibility index (Phi) is 5.47. The van der Waals surface area contributed by atoms with Gasteiger partial charge in [0.1, 0.15) is 0 Å². The molecule has 0 saturated carbocycles. The Hall–Kier alpha value is -3.49. The minimum absolute atomic E-state index is 0.215. The van der Waals surface area contributed by atoms with Gasteiger partial charge in [-0.15, -0.1) is 11.3 Å². The lowest BCUT2D eigenvalue weighted by molar-refractivity contribution is 0.102. The molecule has 1 aromatic heterocycles. The van der Waals surface area contributed by atoms with E-state index >= 15 is 0 Å². The van der Waals surface area contributed by atoms with E-state index in [2.05, 4.69) is 10.3 Å². The van der Waals surface area contributed by atoms with E-state index in [4.69, 9.17) is 0 Å². The van der Waals surface area contributed by atoms with Gasteiger partial charge in [-0.2, -0.15) is 0 Å². The molecule has 1 N–H and O–H groups in total. The summed E-state index contributed by atoms with van der Waals surface area (Å²) in [6.45, 7) is 0.457. The van der Waals surface area contributed by atoms with E-state index in [1.165, 1.54) is 21.9 Å². The predicted molar refractivity (Wildman–Crippen MR) is 133 cm³/mol. The van der Waals surface area contributed by atoms with Crippen molar-refractivity contribution < 1.29 is 13.2 Å². The van der Waals surface area contributed by atoms with Crippen LogP contribution in [0.2, 0.25) is 0 Å². The van der Waals surface area contributed by atoms with Crippen LogP contribution in [0.3, 0.4) is 0 Å². The van der Waals surface area contributed by atoms with Crippen LogP contribution in [0, 0.1) is 0 Å². The number of rotatable bonds is 5. The van der Waals surface area contributed by atoms with E-state index in [1.807, 2.05) is 66.0 Å². The number of thiazole rings is 1. The van der Waals surface area contributed by atoms with Crippen LogP contribution in [-0.2, 0) is 16.4 Å². The largest absolute Gasteiger partial charge is 0.298 e. The highest BCUT2D eigenvalue weighted by molar-refractivity contribution is 7.92. The van der Waals surface area contributed by atoms with Crippen LogP contribution in [0.15, 0.2) is 78.2 Å². The van der Waals surface area contributed by atoms with Gasteiger partial charge >= 0.3 is 0 Å². The molecule has 0 unspecified atom stereocenters. The number of carbonyl (C=O) groups excluding carboxylic acids is 1. The second-order valence-corrected chi connectivity index (χ2v) is 10.6. The third kappa shape index (κ3) is 4.40. The molecular weight excluding hydrogens is 454 g/mol. The smallest absolute Gasteiger partial charge is 0.257 e. The van der Waals surface area contributed by atoms with Gasteiger partial charge in [-0.25, -0.2) is 13.4 Å². The molecule has 4 aromatic rings. The zero-order chi connectivity index (χ0) is 23.0. The van der Waals surface area contributed by atoms with Crippen molar-refractivity contribution in [3.05, 3.63) is 89.3 Å². The first-order valence-corrected chi connectivity index (χ1v) is 13.1. The van der Waals surface area contributed by atoms with E-state index in [1.54, 1.807) is 12.1 Å². The van der Waals surface area contributed by atoms with Crippen molar-refractivity contribution in [2.75, 3.05) is 22.4 Å². The summed E-state index contributed by atoms with van der Waals surface area (Å²) in [6, 6.07) is 23.1. The van der Waals surface area contributed by atoms with Gasteiger partial charge in [0.2, 0.25) is 10.0 Å². The quantitative estimate of drug-likeness (QED) is 0.438. The lowest BCUT2D eigenvalue weighted by Crippen LogP contribution is -2.27. The summed E-state index contributed by atoms with van der Waals surface area (Å²) in [5.74, 6) is -0.215. The Labute approximate surface area is 196 Å². The van der Waals surface area contributed by atoms with E-state index in [0.717, 1.165) is 33.6 Å². The number of fused-ring (bicyclic) bond motifs is 1. The third-order valence-corrected chi connectivity index (χ3v) is 7.55. The van der Waals surface area contributed by atoms with Crippen molar-refractivity contribution >= 4 is 38.1 Å². The Balaban J connectivity index is 1.30. The number of hydrogen-bond donors (Lipinski definition) is 1. The van der Waals surface area contributed by atoms with Gasteiger partial charge in [0.15, 0.2) is 5.13 Å². The minimum atomic E-state index is -3.28. The SMILES string of the molecule is CS(=O)(=O)N1CCc2cc(-c3csc(NC(=O)c4ccc(-c5ccccc5)cc4)n3)ccc21. The van der Waals surface area contributed by atoms with E-state index in [9.17, 15) is 13.2 Å². The molecule has 1 amide bonds. The van der Waals surface area contributed by atoms with Crippen molar-refractivity contribution in [3.63, 3.8) is 0 Å². The van der Waals surface area contributed by atoms with Crippen molar-refractivity contribution in [2.24, 2.45) is 0 Å². The van der Waals surface area contributed by atoms with Crippen LogP contribution in [-0.4, -0.2) is 32.1 Å². The number of benzene rings is 3. The molecule has 0 atom stereocenters.